The van der Waals surface area contributed by atoms with Crippen LogP contribution in [0.15, 0.2) is 0 Å². The molecular formula is C10H12ClF4NO2. The van der Waals surface area contributed by atoms with E-state index < -0.39 is 23.7 Å². The van der Waals surface area contributed by atoms with Gasteiger partial charge in [0.05, 0.1) is 5.88 Å². The molecule has 0 saturated heterocycles. The molecule has 1 amide bonds. The average Bonchev–Trinajstić information content (AvgIpc) is 2.26. The van der Waals surface area contributed by atoms with Gasteiger partial charge < -0.3 is 5.32 Å². The van der Waals surface area contributed by atoms with Gasteiger partial charge in [0.1, 0.15) is 0 Å². The second kappa shape index (κ2) is 5.42. The third-order valence-electron chi connectivity index (χ3n) is 3.19. The number of hydrogen-bond acceptors (Lipinski definition) is 2. The SMILES string of the molecule is O=C(CCl)C1(CNC(=O)C(F)(F)C(F)F)CCC1. The zero-order valence-electron chi connectivity index (χ0n) is 9.32. The van der Waals surface area contributed by atoms with Crippen molar-refractivity contribution in [2.24, 2.45) is 5.41 Å². The van der Waals surface area contributed by atoms with Crippen LogP contribution in [0.2, 0.25) is 0 Å². The van der Waals surface area contributed by atoms with Crippen molar-refractivity contribution in [1.29, 1.82) is 0 Å². The van der Waals surface area contributed by atoms with Gasteiger partial charge >= 0.3 is 12.3 Å². The van der Waals surface area contributed by atoms with Crippen LogP contribution in [0.25, 0.3) is 0 Å². The molecule has 0 bridgehead atoms. The highest BCUT2D eigenvalue weighted by Gasteiger charge is 2.50. The molecule has 0 heterocycles. The zero-order valence-corrected chi connectivity index (χ0v) is 10.1. The van der Waals surface area contributed by atoms with Crippen LogP contribution in [0.4, 0.5) is 17.6 Å². The Hall–Kier alpha value is -0.850. The van der Waals surface area contributed by atoms with Gasteiger partial charge in [0, 0.05) is 12.0 Å². The first-order valence-electron chi connectivity index (χ1n) is 5.30. The molecule has 0 unspecified atom stereocenters. The number of rotatable bonds is 6. The summed E-state index contributed by atoms with van der Waals surface area (Å²) < 4.78 is 49.1. The van der Waals surface area contributed by atoms with Gasteiger partial charge in [-0.25, -0.2) is 8.78 Å². The van der Waals surface area contributed by atoms with Gasteiger partial charge in [0.25, 0.3) is 5.91 Å². The molecule has 0 aromatic rings. The van der Waals surface area contributed by atoms with Gasteiger partial charge in [0.15, 0.2) is 5.78 Å². The van der Waals surface area contributed by atoms with Crippen molar-refractivity contribution in [3.8, 4) is 0 Å². The Kier molecular flexibility index (Phi) is 4.58. The van der Waals surface area contributed by atoms with Gasteiger partial charge in [-0.1, -0.05) is 6.42 Å². The lowest BCUT2D eigenvalue weighted by atomic mass is 9.66. The van der Waals surface area contributed by atoms with E-state index in [-0.39, 0.29) is 18.2 Å². The quantitative estimate of drug-likeness (QED) is 0.600. The molecule has 18 heavy (non-hydrogen) atoms. The molecule has 0 aromatic heterocycles. The smallest absolute Gasteiger partial charge is 0.350 e. The molecule has 1 rings (SSSR count). The number of Topliss-reactive ketones (excluding diaryl/α,β-unsaturated/α-hetero) is 1. The van der Waals surface area contributed by atoms with Gasteiger partial charge in [-0.15, -0.1) is 11.6 Å². The lowest BCUT2D eigenvalue weighted by molar-refractivity contribution is -0.170. The first-order chi connectivity index (χ1) is 8.26. The maximum absolute atomic E-state index is 12.6. The fraction of sp³-hybridized carbons (Fsp3) is 0.800. The van der Waals surface area contributed by atoms with Gasteiger partial charge in [0.2, 0.25) is 0 Å². The number of carbonyl (C=O) groups is 2. The van der Waals surface area contributed by atoms with Crippen molar-refractivity contribution in [2.75, 3.05) is 12.4 Å². The molecule has 1 fully saturated rings. The minimum Gasteiger partial charge on any atom is -0.350 e. The third-order valence-corrected chi connectivity index (χ3v) is 3.43. The summed E-state index contributed by atoms with van der Waals surface area (Å²) in [6, 6.07) is 0. The first-order valence-corrected chi connectivity index (χ1v) is 5.83. The number of alkyl halides is 5. The van der Waals surface area contributed by atoms with Crippen molar-refractivity contribution in [1.82, 2.24) is 5.32 Å². The summed E-state index contributed by atoms with van der Waals surface area (Å²) in [4.78, 5) is 22.4. The molecule has 0 aliphatic heterocycles. The predicted molar refractivity (Wildman–Crippen MR) is 56.0 cm³/mol. The number of amides is 1. The van der Waals surface area contributed by atoms with Crippen LogP contribution in [0.1, 0.15) is 19.3 Å². The van der Waals surface area contributed by atoms with E-state index >= 15 is 0 Å². The molecular weight excluding hydrogens is 278 g/mol. The summed E-state index contributed by atoms with van der Waals surface area (Å²) in [5, 5.41) is 1.71. The Morgan fingerprint density at radius 1 is 1.33 bits per heavy atom. The van der Waals surface area contributed by atoms with E-state index in [4.69, 9.17) is 11.6 Å². The standard InChI is InChI=1S/C10H12ClF4NO2/c11-4-6(17)9(2-1-3-9)5-16-8(18)10(14,15)7(12)13/h7H,1-5H2,(H,16,18). The molecule has 0 atom stereocenters. The first kappa shape index (κ1) is 15.2. The predicted octanol–water partition coefficient (Wildman–Crippen LogP) is 1.98. The van der Waals surface area contributed by atoms with Crippen LogP contribution < -0.4 is 5.32 Å². The van der Waals surface area contributed by atoms with Crippen LogP contribution in [0.5, 0.6) is 0 Å². The van der Waals surface area contributed by atoms with Crippen molar-refractivity contribution in [3.05, 3.63) is 0 Å². The lowest BCUT2D eigenvalue weighted by Gasteiger charge is -2.40. The summed E-state index contributed by atoms with van der Waals surface area (Å²) in [6.45, 7) is -0.375. The highest BCUT2D eigenvalue weighted by atomic mass is 35.5. The molecule has 0 radical (unpaired) electrons. The third kappa shape index (κ3) is 2.76. The fourth-order valence-corrected chi connectivity index (χ4v) is 2.05. The van der Waals surface area contributed by atoms with Crippen LogP contribution >= 0.6 is 11.6 Å². The van der Waals surface area contributed by atoms with E-state index in [9.17, 15) is 27.2 Å². The van der Waals surface area contributed by atoms with E-state index in [1.54, 1.807) is 5.32 Å². The van der Waals surface area contributed by atoms with Crippen LogP contribution in [0.3, 0.4) is 0 Å². The number of halogens is 5. The summed E-state index contributed by atoms with van der Waals surface area (Å²) in [5.74, 6) is -7.46. The van der Waals surface area contributed by atoms with Gasteiger partial charge in [-0.2, -0.15) is 8.78 Å². The van der Waals surface area contributed by atoms with Crippen molar-refractivity contribution in [3.63, 3.8) is 0 Å². The van der Waals surface area contributed by atoms with E-state index in [1.165, 1.54) is 0 Å². The Morgan fingerprint density at radius 2 is 1.89 bits per heavy atom. The minimum absolute atomic E-state index is 0.291. The molecule has 8 heteroatoms. The zero-order chi connectivity index (χ0) is 14.0. The van der Waals surface area contributed by atoms with Crippen molar-refractivity contribution in [2.45, 2.75) is 31.6 Å². The van der Waals surface area contributed by atoms with E-state index in [0.717, 1.165) is 0 Å². The number of carbonyl (C=O) groups excluding carboxylic acids is 2. The molecule has 3 nitrogen and oxygen atoms in total. The minimum atomic E-state index is -4.74. The van der Waals surface area contributed by atoms with E-state index in [0.29, 0.717) is 19.3 Å². The van der Waals surface area contributed by atoms with Crippen LogP contribution in [-0.4, -0.2) is 36.5 Å². The molecule has 1 aliphatic carbocycles. The summed E-state index contributed by atoms with van der Waals surface area (Å²) in [6.07, 6.45) is -2.53. The maximum Gasteiger partial charge on any atom is 0.383 e. The van der Waals surface area contributed by atoms with Crippen molar-refractivity contribution < 1.29 is 27.2 Å². The molecule has 104 valence electrons. The monoisotopic (exact) mass is 289 g/mol. The number of ketones is 1. The topological polar surface area (TPSA) is 46.2 Å². The molecule has 1 saturated carbocycles. The van der Waals surface area contributed by atoms with E-state index in [1.807, 2.05) is 0 Å². The number of hydrogen-bond donors (Lipinski definition) is 1. The molecule has 1 N–H and O–H groups in total. The highest BCUT2D eigenvalue weighted by Crippen LogP contribution is 2.41. The second-order valence-electron chi connectivity index (χ2n) is 4.30. The molecule has 0 spiro atoms. The van der Waals surface area contributed by atoms with Crippen molar-refractivity contribution >= 4 is 23.3 Å². The lowest BCUT2D eigenvalue weighted by Crippen LogP contribution is -2.53. The summed E-state index contributed by atoms with van der Waals surface area (Å²) in [5.41, 5.74) is -0.963. The maximum atomic E-state index is 12.6. The van der Waals surface area contributed by atoms with Crippen LogP contribution in [-0.2, 0) is 9.59 Å². The van der Waals surface area contributed by atoms with Crippen LogP contribution in [0, 0.1) is 5.41 Å². The second-order valence-corrected chi connectivity index (χ2v) is 4.56. The fourth-order valence-electron chi connectivity index (χ4n) is 1.77. The summed E-state index contributed by atoms with van der Waals surface area (Å²) in [7, 11) is 0. The highest BCUT2D eigenvalue weighted by molar-refractivity contribution is 6.28. The molecule has 1 aliphatic rings. The normalized spacial score (nSPS) is 18.3. The van der Waals surface area contributed by atoms with E-state index in [2.05, 4.69) is 0 Å². The average molecular weight is 290 g/mol. The Balaban J connectivity index is 2.59. The number of nitrogens with one attached hydrogen (secondary N) is 1. The largest absolute Gasteiger partial charge is 0.383 e. The Morgan fingerprint density at radius 3 is 2.22 bits per heavy atom. The summed E-state index contributed by atoms with van der Waals surface area (Å²) >= 11 is 5.37. The van der Waals surface area contributed by atoms with Gasteiger partial charge in [-0.05, 0) is 12.8 Å². The Bertz CT molecular complexity index is 345. The Labute approximate surface area is 106 Å². The van der Waals surface area contributed by atoms with Gasteiger partial charge in [-0.3, -0.25) is 9.59 Å². The molecule has 0 aromatic carbocycles.